The summed E-state index contributed by atoms with van der Waals surface area (Å²) < 4.78 is 0. The Bertz CT molecular complexity index is 575. The molecule has 0 fully saturated rings. The SMILES string of the molecule is Cc1ccc(C)c(C(O)c2ccc(C)c(Cl)c2)c1. The largest absolute Gasteiger partial charge is 0.384 e. The fourth-order valence-electron chi connectivity index (χ4n) is 2.01. The van der Waals surface area contributed by atoms with Gasteiger partial charge in [0.05, 0.1) is 0 Å². The van der Waals surface area contributed by atoms with Crippen molar-refractivity contribution in [2.75, 3.05) is 0 Å². The number of aryl methyl sites for hydroxylation is 3. The summed E-state index contributed by atoms with van der Waals surface area (Å²) in [5, 5.41) is 11.1. The van der Waals surface area contributed by atoms with Crippen LogP contribution in [0.25, 0.3) is 0 Å². The average molecular weight is 261 g/mol. The molecule has 1 nitrogen and oxygen atoms in total. The van der Waals surface area contributed by atoms with Gasteiger partial charge in [-0.15, -0.1) is 0 Å². The zero-order valence-electron chi connectivity index (χ0n) is 10.9. The molecule has 0 amide bonds. The lowest BCUT2D eigenvalue weighted by Gasteiger charge is -2.15. The van der Waals surface area contributed by atoms with Gasteiger partial charge in [0.15, 0.2) is 0 Å². The van der Waals surface area contributed by atoms with Gasteiger partial charge in [-0.3, -0.25) is 0 Å². The first-order valence-electron chi connectivity index (χ1n) is 6.00. The molecule has 0 aliphatic rings. The van der Waals surface area contributed by atoms with Crippen LogP contribution in [0, 0.1) is 20.8 Å². The van der Waals surface area contributed by atoms with Gasteiger partial charge >= 0.3 is 0 Å². The van der Waals surface area contributed by atoms with E-state index in [1.54, 1.807) is 0 Å². The van der Waals surface area contributed by atoms with Crippen molar-refractivity contribution in [3.05, 3.63) is 69.2 Å². The van der Waals surface area contributed by atoms with E-state index in [2.05, 4.69) is 0 Å². The Morgan fingerprint density at radius 1 is 0.944 bits per heavy atom. The quantitative estimate of drug-likeness (QED) is 0.851. The molecule has 1 N–H and O–H groups in total. The Balaban J connectivity index is 2.44. The number of halogens is 1. The third-order valence-corrected chi connectivity index (χ3v) is 3.65. The van der Waals surface area contributed by atoms with E-state index in [-0.39, 0.29) is 0 Å². The molecule has 0 saturated heterocycles. The predicted molar refractivity (Wildman–Crippen MR) is 76.2 cm³/mol. The van der Waals surface area contributed by atoms with Crippen LogP contribution in [-0.4, -0.2) is 5.11 Å². The molecule has 2 heteroatoms. The van der Waals surface area contributed by atoms with Crippen LogP contribution in [0.15, 0.2) is 36.4 Å². The lowest BCUT2D eigenvalue weighted by Crippen LogP contribution is -2.02. The Kier molecular flexibility index (Phi) is 3.74. The first kappa shape index (κ1) is 13.1. The maximum atomic E-state index is 10.5. The zero-order chi connectivity index (χ0) is 13.3. The van der Waals surface area contributed by atoms with Crippen molar-refractivity contribution < 1.29 is 5.11 Å². The maximum absolute atomic E-state index is 10.5. The minimum absolute atomic E-state index is 0.622. The third kappa shape index (κ3) is 2.58. The highest BCUT2D eigenvalue weighted by atomic mass is 35.5. The van der Waals surface area contributed by atoms with E-state index in [9.17, 15) is 5.11 Å². The Labute approximate surface area is 113 Å². The number of aliphatic hydroxyl groups is 1. The number of rotatable bonds is 2. The normalized spacial score (nSPS) is 12.5. The maximum Gasteiger partial charge on any atom is 0.104 e. The number of benzene rings is 2. The molecular formula is C16H17ClO. The predicted octanol–water partition coefficient (Wildman–Crippen LogP) is 4.35. The lowest BCUT2D eigenvalue weighted by atomic mass is 9.95. The van der Waals surface area contributed by atoms with E-state index in [0.717, 1.165) is 27.8 Å². The molecule has 18 heavy (non-hydrogen) atoms. The van der Waals surface area contributed by atoms with Crippen LogP contribution in [0.2, 0.25) is 5.02 Å². The van der Waals surface area contributed by atoms with Crippen LogP contribution in [-0.2, 0) is 0 Å². The van der Waals surface area contributed by atoms with Crippen LogP contribution >= 0.6 is 11.6 Å². The van der Waals surface area contributed by atoms with E-state index < -0.39 is 6.10 Å². The Morgan fingerprint density at radius 2 is 1.61 bits per heavy atom. The second-order valence-electron chi connectivity index (χ2n) is 4.77. The molecule has 1 atom stereocenters. The number of aliphatic hydroxyl groups excluding tert-OH is 1. The molecule has 0 heterocycles. The van der Waals surface area contributed by atoms with E-state index in [4.69, 9.17) is 11.6 Å². The van der Waals surface area contributed by atoms with E-state index in [1.807, 2.05) is 57.2 Å². The highest BCUT2D eigenvalue weighted by Gasteiger charge is 2.13. The first-order valence-corrected chi connectivity index (χ1v) is 6.38. The molecule has 94 valence electrons. The zero-order valence-corrected chi connectivity index (χ0v) is 11.6. The summed E-state index contributed by atoms with van der Waals surface area (Å²) in [6.07, 6.45) is -0.622. The fourth-order valence-corrected chi connectivity index (χ4v) is 2.20. The minimum Gasteiger partial charge on any atom is -0.384 e. The van der Waals surface area contributed by atoms with Crippen molar-refractivity contribution in [1.29, 1.82) is 0 Å². The summed E-state index contributed by atoms with van der Waals surface area (Å²) in [6, 6.07) is 11.8. The molecule has 0 spiro atoms. The van der Waals surface area contributed by atoms with Crippen LogP contribution in [0.1, 0.15) is 33.9 Å². The molecule has 2 rings (SSSR count). The molecule has 1 unspecified atom stereocenters. The molecule has 0 radical (unpaired) electrons. The van der Waals surface area contributed by atoms with Crippen molar-refractivity contribution in [2.24, 2.45) is 0 Å². The monoisotopic (exact) mass is 260 g/mol. The van der Waals surface area contributed by atoms with Gasteiger partial charge in [-0.2, -0.15) is 0 Å². The first-order chi connectivity index (χ1) is 8.49. The molecule has 0 aromatic heterocycles. The van der Waals surface area contributed by atoms with Gasteiger partial charge < -0.3 is 5.11 Å². The molecule has 0 saturated carbocycles. The topological polar surface area (TPSA) is 20.2 Å². The van der Waals surface area contributed by atoms with Gasteiger partial charge in [-0.25, -0.2) is 0 Å². The standard InChI is InChI=1S/C16H17ClO/c1-10-4-5-11(2)14(8-10)16(18)13-7-6-12(3)15(17)9-13/h4-9,16,18H,1-3H3. The van der Waals surface area contributed by atoms with Gasteiger partial charge in [0, 0.05) is 5.02 Å². The van der Waals surface area contributed by atoms with E-state index in [1.165, 1.54) is 0 Å². The molecule has 2 aromatic rings. The average Bonchev–Trinajstić information content (AvgIpc) is 2.35. The summed E-state index contributed by atoms with van der Waals surface area (Å²) in [7, 11) is 0. The third-order valence-electron chi connectivity index (χ3n) is 3.24. The second-order valence-corrected chi connectivity index (χ2v) is 5.18. The van der Waals surface area contributed by atoms with Crippen molar-refractivity contribution in [3.63, 3.8) is 0 Å². The van der Waals surface area contributed by atoms with E-state index in [0.29, 0.717) is 5.02 Å². The van der Waals surface area contributed by atoms with Crippen LogP contribution < -0.4 is 0 Å². The van der Waals surface area contributed by atoms with Crippen molar-refractivity contribution in [1.82, 2.24) is 0 Å². The minimum atomic E-state index is -0.622. The molecule has 0 aliphatic heterocycles. The second kappa shape index (κ2) is 5.13. The van der Waals surface area contributed by atoms with Gasteiger partial charge in [0.25, 0.3) is 0 Å². The molecule has 2 aromatic carbocycles. The fraction of sp³-hybridized carbons (Fsp3) is 0.250. The summed E-state index contributed by atoms with van der Waals surface area (Å²) >= 11 is 6.11. The highest BCUT2D eigenvalue weighted by molar-refractivity contribution is 6.31. The Morgan fingerprint density at radius 3 is 2.28 bits per heavy atom. The van der Waals surface area contributed by atoms with Crippen LogP contribution in [0.3, 0.4) is 0 Å². The molecule has 0 aliphatic carbocycles. The highest BCUT2D eigenvalue weighted by Crippen LogP contribution is 2.28. The number of hydrogen-bond donors (Lipinski definition) is 1. The molecular weight excluding hydrogens is 244 g/mol. The summed E-state index contributed by atoms with van der Waals surface area (Å²) in [6.45, 7) is 5.99. The summed E-state index contributed by atoms with van der Waals surface area (Å²) in [5.41, 5.74) is 5.03. The summed E-state index contributed by atoms with van der Waals surface area (Å²) in [5.74, 6) is 0. The van der Waals surface area contributed by atoms with Gasteiger partial charge in [0.1, 0.15) is 6.10 Å². The van der Waals surface area contributed by atoms with Gasteiger partial charge in [-0.05, 0) is 49.1 Å². The van der Waals surface area contributed by atoms with Crippen LogP contribution in [0.4, 0.5) is 0 Å². The van der Waals surface area contributed by atoms with Crippen molar-refractivity contribution in [2.45, 2.75) is 26.9 Å². The van der Waals surface area contributed by atoms with Crippen molar-refractivity contribution in [3.8, 4) is 0 Å². The summed E-state index contributed by atoms with van der Waals surface area (Å²) in [4.78, 5) is 0. The van der Waals surface area contributed by atoms with Crippen LogP contribution in [0.5, 0.6) is 0 Å². The number of hydrogen-bond acceptors (Lipinski definition) is 1. The lowest BCUT2D eigenvalue weighted by molar-refractivity contribution is 0.219. The van der Waals surface area contributed by atoms with Gasteiger partial charge in [-0.1, -0.05) is 47.5 Å². The molecule has 0 bridgehead atoms. The van der Waals surface area contributed by atoms with Gasteiger partial charge in [0.2, 0.25) is 0 Å². The smallest absolute Gasteiger partial charge is 0.104 e. The van der Waals surface area contributed by atoms with Crippen molar-refractivity contribution >= 4 is 11.6 Å². The Hall–Kier alpha value is -1.31. The van der Waals surface area contributed by atoms with E-state index >= 15 is 0 Å².